The summed E-state index contributed by atoms with van der Waals surface area (Å²) in [6.07, 6.45) is -2.10. The standard InChI is InChI=1S/C28H32N2O4S.C2HF3O2/c1-19-15-20(2)27(21(3)16-19)35(33,34)29-24-9-10-26(25(18-24)28(31)32)30-13-11-23(12-14-30)17-22-7-5-4-6-8-22;3-2(4,5)1(6)7/h4-10,15-16,18,23,29H,11-14,17H2,1-3H3,(H,31,32);(H,6,7). The Morgan fingerprint density at radius 3 is 1.98 bits per heavy atom. The van der Waals surface area contributed by atoms with Gasteiger partial charge in [-0.05, 0) is 80.8 Å². The summed E-state index contributed by atoms with van der Waals surface area (Å²) in [6.45, 7) is 6.99. The highest BCUT2D eigenvalue weighted by Crippen LogP contribution is 2.31. The van der Waals surface area contributed by atoms with E-state index in [0.717, 1.165) is 37.9 Å². The molecular weight excluding hydrogens is 573 g/mol. The molecule has 3 aromatic rings. The first-order valence-corrected chi connectivity index (χ1v) is 14.6. The number of hydrogen-bond donors (Lipinski definition) is 3. The molecule has 8 nitrogen and oxygen atoms in total. The number of aromatic carboxylic acids is 1. The van der Waals surface area contributed by atoms with Crippen molar-refractivity contribution in [3.63, 3.8) is 0 Å². The molecule has 0 saturated carbocycles. The topological polar surface area (TPSA) is 124 Å². The summed E-state index contributed by atoms with van der Waals surface area (Å²) in [5.41, 5.74) is 4.60. The van der Waals surface area contributed by atoms with Crippen LogP contribution in [0.25, 0.3) is 0 Å². The third-order valence-corrected chi connectivity index (χ3v) is 8.60. The number of rotatable bonds is 7. The lowest BCUT2D eigenvalue weighted by Gasteiger charge is -2.34. The highest BCUT2D eigenvalue weighted by molar-refractivity contribution is 7.92. The molecule has 1 fully saturated rings. The van der Waals surface area contributed by atoms with Gasteiger partial charge in [0.15, 0.2) is 0 Å². The molecule has 12 heteroatoms. The number of aryl methyl sites for hydroxylation is 3. The van der Waals surface area contributed by atoms with E-state index in [1.807, 2.05) is 25.1 Å². The summed E-state index contributed by atoms with van der Waals surface area (Å²) in [6, 6.07) is 18.9. The van der Waals surface area contributed by atoms with Crippen LogP contribution in [0, 0.1) is 26.7 Å². The van der Waals surface area contributed by atoms with Gasteiger partial charge in [0, 0.05) is 18.8 Å². The second kappa shape index (κ2) is 13.3. The Morgan fingerprint density at radius 2 is 1.48 bits per heavy atom. The maximum atomic E-state index is 13.1. The maximum Gasteiger partial charge on any atom is 0.490 e. The quantitative estimate of drug-likeness (QED) is 0.292. The Morgan fingerprint density at radius 1 is 0.929 bits per heavy atom. The van der Waals surface area contributed by atoms with Crippen molar-refractivity contribution in [3.8, 4) is 0 Å². The molecule has 0 amide bonds. The van der Waals surface area contributed by atoms with Gasteiger partial charge in [-0.3, -0.25) is 4.72 Å². The van der Waals surface area contributed by atoms with Crippen LogP contribution in [0.2, 0.25) is 0 Å². The van der Waals surface area contributed by atoms with E-state index in [1.165, 1.54) is 11.6 Å². The van der Waals surface area contributed by atoms with Gasteiger partial charge in [-0.1, -0.05) is 48.0 Å². The molecule has 3 N–H and O–H groups in total. The summed E-state index contributed by atoms with van der Waals surface area (Å²) >= 11 is 0. The minimum atomic E-state index is -5.08. The number of benzene rings is 3. The fourth-order valence-electron chi connectivity index (χ4n) is 5.17. The normalized spacial score (nSPS) is 14.1. The number of carboxylic acids is 2. The molecule has 226 valence electrons. The number of carboxylic acid groups (broad SMARTS) is 2. The Labute approximate surface area is 242 Å². The molecule has 0 radical (unpaired) electrons. The summed E-state index contributed by atoms with van der Waals surface area (Å²) < 4.78 is 60.6. The largest absolute Gasteiger partial charge is 0.490 e. The molecule has 42 heavy (non-hydrogen) atoms. The lowest BCUT2D eigenvalue weighted by Crippen LogP contribution is -2.35. The number of anilines is 2. The van der Waals surface area contributed by atoms with E-state index in [4.69, 9.17) is 9.90 Å². The first-order chi connectivity index (χ1) is 19.6. The monoisotopic (exact) mass is 606 g/mol. The van der Waals surface area contributed by atoms with Gasteiger partial charge in [0.05, 0.1) is 16.1 Å². The summed E-state index contributed by atoms with van der Waals surface area (Å²) in [7, 11) is -3.87. The maximum absolute atomic E-state index is 13.1. The molecule has 1 saturated heterocycles. The third-order valence-electron chi connectivity index (χ3n) is 6.92. The van der Waals surface area contributed by atoms with Gasteiger partial charge in [0.2, 0.25) is 0 Å². The lowest BCUT2D eigenvalue weighted by atomic mass is 9.90. The van der Waals surface area contributed by atoms with E-state index >= 15 is 0 Å². The average molecular weight is 607 g/mol. The molecule has 1 aliphatic rings. The zero-order chi connectivity index (χ0) is 31.2. The van der Waals surface area contributed by atoms with Crippen LogP contribution in [0.3, 0.4) is 0 Å². The van der Waals surface area contributed by atoms with Gasteiger partial charge in [0.1, 0.15) is 0 Å². The van der Waals surface area contributed by atoms with Crippen molar-refractivity contribution in [2.75, 3.05) is 22.7 Å². The highest BCUT2D eigenvalue weighted by atomic mass is 32.2. The van der Waals surface area contributed by atoms with Crippen molar-refractivity contribution in [1.29, 1.82) is 0 Å². The second-order valence-corrected chi connectivity index (χ2v) is 11.9. The van der Waals surface area contributed by atoms with Crippen molar-refractivity contribution in [1.82, 2.24) is 0 Å². The average Bonchev–Trinajstić information content (AvgIpc) is 2.88. The van der Waals surface area contributed by atoms with Gasteiger partial charge in [-0.25, -0.2) is 18.0 Å². The number of carbonyl (C=O) groups is 2. The Balaban J connectivity index is 0.000000616. The number of halogens is 3. The Bertz CT molecular complexity index is 1510. The molecule has 1 heterocycles. The molecule has 3 aromatic carbocycles. The number of hydrogen-bond acceptors (Lipinski definition) is 5. The summed E-state index contributed by atoms with van der Waals surface area (Å²) in [5.74, 6) is -3.27. The molecule has 0 aromatic heterocycles. The van der Waals surface area contributed by atoms with Crippen molar-refractivity contribution in [3.05, 3.63) is 88.5 Å². The van der Waals surface area contributed by atoms with Crippen LogP contribution < -0.4 is 9.62 Å². The smallest absolute Gasteiger partial charge is 0.478 e. The van der Waals surface area contributed by atoms with E-state index < -0.39 is 28.1 Å². The highest BCUT2D eigenvalue weighted by Gasteiger charge is 2.38. The fourth-order valence-corrected chi connectivity index (χ4v) is 6.67. The van der Waals surface area contributed by atoms with E-state index in [9.17, 15) is 31.5 Å². The van der Waals surface area contributed by atoms with E-state index in [-0.39, 0.29) is 16.1 Å². The van der Waals surface area contributed by atoms with E-state index in [0.29, 0.717) is 22.7 Å². The van der Waals surface area contributed by atoms with Gasteiger partial charge < -0.3 is 15.1 Å². The zero-order valence-electron chi connectivity index (χ0n) is 23.4. The minimum absolute atomic E-state index is 0.101. The van der Waals surface area contributed by atoms with Crippen molar-refractivity contribution < 1.29 is 41.4 Å². The summed E-state index contributed by atoms with van der Waals surface area (Å²) in [5, 5.41) is 17.0. The van der Waals surface area contributed by atoms with Gasteiger partial charge in [-0.15, -0.1) is 0 Å². The molecule has 0 bridgehead atoms. The van der Waals surface area contributed by atoms with Gasteiger partial charge >= 0.3 is 18.1 Å². The second-order valence-electron chi connectivity index (χ2n) is 10.3. The van der Waals surface area contributed by atoms with Crippen LogP contribution in [0.4, 0.5) is 24.5 Å². The van der Waals surface area contributed by atoms with Crippen LogP contribution in [-0.4, -0.2) is 49.8 Å². The first-order valence-electron chi connectivity index (χ1n) is 13.2. The van der Waals surface area contributed by atoms with Gasteiger partial charge in [0.25, 0.3) is 10.0 Å². The Kier molecular flexibility index (Phi) is 10.3. The number of nitrogens with zero attached hydrogens (tertiary/aromatic N) is 1. The van der Waals surface area contributed by atoms with E-state index in [1.54, 1.807) is 26.0 Å². The van der Waals surface area contributed by atoms with Crippen LogP contribution in [0.15, 0.2) is 65.6 Å². The van der Waals surface area contributed by atoms with Crippen LogP contribution in [0.5, 0.6) is 0 Å². The number of sulfonamides is 1. The Hall–Kier alpha value is -4.06. The molecule has 0 atom stereocenters. The summed E-state index contributed by atoms with van der Waals surface area (Å²) in [4.78, 5) is 23.3. The van der Waals surface area contributed by atoms with Crippen LogP contribution in [-0.2, 0) is 21.2 Å². The molecule has 1 aliphatic heterocycles. The molecule has 0 unspecified atom stereocenters. The van der Waals surface area contributed by atoms with Crippen LogP contribution in [0.1, 0.15) is 45.5 Å². The lowest BCUT2D eigenvalue weighted by molar-refractivity contribution is -0.192. The van der Waals surface area contributed by atoms with Crippen molar-refractivity contribution >= 4 is 33.3 Å². The first kappa shape index (κ1) is 32.5. The zero-order valence-corrected chi connectivity index (χ0v) is 24.2. The van der Waals surface area contributed by atoms with Crippen molar-refractivity contribution in [2.45, 2.75) is 51.1 Å². The molecular formula is C30H33F3N2O6S. The predicted octanol–water partition coefficient (Wildman–Crippen LogP) is 6.20. The third kappa shape index (κ3) is 8.48. The number of alkyl halides is 3. The number of aliphatic carboxylic acids is 1. The minimum Gasteiger partial charge on any atom is -0.478 e. The van der Waals surface area contributed by atoms with E-state index in [2.05, 4.69) is 33.9 Å². The molecule has 0 aliphatic carbocycles. The molecule has 0 spiro atoms. The SMILES string of the molecule is Cc1cc(C)c(S(=O)(=O)Nc2ccc(N3CCC(Cc4ccccc4)CC3)c(C(=O)O)c2)c(C)c1.O=C(O)C(F)(F)F. The molecule has 4 rings (SSSR count). The number of piperidine rings is 1. The number of nitrogens with one attached hydrogen (secondary N) is 1. The predicted molar refractivity (Wildman–Crippen MR) is 154 cm³/mol. The van der Waals surface area contributed by atoms with Gasteiger partial charge in [-0.2, -0.15) is 13.2 Å². The van der Waals surface area contributed by atoms with Crippen LogP contribution >= 0.6 is 0 Å². The van der Waals surface area contributed by atoms with Crippen molar-refractivity contribution in [2.24, 2.45) is 5.92 Å². The fraction of sp³-hybridized carbons (Fsp3) is 0.333.